The highest BCUT2D eigenvalue weighted by atomic mass is 16.6. The molecule has 5 rings (SSSR count). The van der Waals surface area contributed by atoms with Gasteiger partial charge in [-0.05, 0) is 69.4 Å². The number of ether oxygens (including phenoxy) is 1. The number of carbonyl (C=O) groups excluding carboxylic acids is 2. The van der Waals surface area contributed by atoms with Gasteiger partial charge in [0.15, 0.2) is 17.4 Å². The topological polar surface area (TPSA) is 128 Å². The van der Waals surface area contributed by atoms with Gasteiger partial charge in [0.05, 0.1) is 18.8 Å². The van der Waals surface area contributed by atoms with Crippen molar-refractivity contribution >= 4 is 35.2 Å². The van der Waals surface area contributed by atoms with Crippen LogP contribution in [0.5, 0.6) is 0 Å². The molecule has 37 heavy (non-hydrogen) atoms. The number of hydrogen-bond donors (Lipinski definition) is 3. The number of rotatable bonds is 5. The summed E-state index contributed by atoms with van der Waals surface area (Å²) in [7, 11) is 4.00. The van der Waals surface area contributed by atoms with Crippen LogP contribution in [-0.2, 0) is 4.74 Å². The number of guanidine groups is 1. The Balaban J connectivity index is 1.23. The van der Waals surface area contributed by atoms with Gasteiger partial charge in [-0.3, -0.25) is 4.79 Å². The van der Waals surface area contributed by atoms with Gasteiger partial charge in [-0.1, -0.05) is 0 Å². The summed E-state index contributed by atoms with van der Waals surface area (Å²) in [6.07, 6.45) is 4.00. The van der Waals surface area contributed by atoms with Crippen molar-refractivity contribution in [1.29, 1.82) is 0 Å². The molecule has 2 aromatic rings. The third-order valence-electron chi connectivity index (χ3n) is 7.47. The molecule has 11 heteroatoms. The number of pyridine rings is 1. The van der Waals surface area contributed by atoms with Crippen LogP contribution in [-0.4, -0.2) is 91.2 Å². The molecule has 2 amide bonds. The lowest BCUT2D eigenvalue weighted by Gasteiger charge is -2.35. The van der Waals surface area contributed by atoms with E-state index in [2.05, 4.69) is 37.5 Å². The fourth-order valence-electron chi connectivity index (χ4n) is 5.24. The van der Waals surface area contributed by atoms with E-state index in [1.54, 1.807) is 18.3 Å². The lowest BCUT2D eigenvalue weighted by Crippen LogP contribution is -2.44. The lowest BCUT2D eigenvalue weighted by molar-refractivity contribution is 0.0659. The first-order chi connectivity index (χ1) is 17.8. The molecule has 1 atom stereocenters. The Morgan fingerprint density at radius 3 is 2.70 bits per heavy atom. The van der Waals surface area contributed by atoms with Gasteiger partial charge in [-0.25, -0.2) is 9.78 Å². The summed E-state index contributed by atoms with van der Waals surface area (Å²) in [6, 6.07) is 11.3. The average Bonchev–Trinajstić information content (AvgIpc) is 3.49. The fraction of sp³-hybridized carbons (Fsp3) is 0.462. The first kappa shape index (κ1) is 24.8. The quantitative estimate of drug-likeness (QED) is 0.415. The molecule has 3 aliphatic heterocycles. The molecule has 0 aliphatic carbocycles. The zero-order chi connectivity index (χ0) is 26.0. The number of carbonyl (C=O) groups is 2. The number of hydrogen-bond acceptors (Lipinski definition) is 7. The maximum atomic E-state index is 13.0. The summed E-state index contributed by atoms with van der Waals surface area (Å²) in [5.41, 5.74) is 7.89. The van der Waals surface area contributed by atoms with E-state index in [0.717, 1.165) is 50.3 Å². The van der Waals surface area contributed by atoms with E-state index >= 15 is 0 Å². The standard InChI is InChI=1S/C26H34N8O3/c1-32-13-9-20(10-14-32)33(2)23(35)18-5-7-19(8-6-18)30-24(27)31-22-21(4-3-12-28-22)34-15-11-26(17-34)16-29-25(36)37-26/h3-8,12,20H,9-11,13-17H2,1-2H3,(H,29,36)(H3,27,28,30,31). The smallest absolute Gasteiger partial charge is 0.407 e. The maximum absolute atomic E-state index is 13.0. The predicted octanol–water partition coefficient (Wildman–Crippen LogP) is 1.99. The van der Waals surface area contributed by atoms with Crippen LogP contribution in [0, 0.1) is 0 Å². The van der Waals surface area contributed by atoms with Crippen LogP contribution in [0.1, 0.15) is 29.6 Å². The number of aliphatic imine (C=N–C) groups is 1. The number of aromatic nitrogens is 1. The van der Waals surface area contributed by atoms with Crippen LogP contribution in [0.3, 0.4) is 0 Å². The molecule has 4 N–H and O–H groups in total. The van der Waals surface area contributed by atoms with Crippen LogP contribution >= 0.6 is 0 Å². The highest BCUT2D eigenvalue weighted by Gasteiger charge is 2.46. The second kappa shape index (κ2) is 10.3. The molecule has 3 fully saturated rings. The van der Waals surface area contributed by atoms with Crippen molar-refractivity contribution in [3.63, 3.8) is 0 Å². The van der Waals surface area contributed by atoms with Gasteiger partial charge in [0.25, 0.3) is 5.91 Å². The van der Waals surface area contributed by atoms with Gasteiger partial charge in [0.1, 0.15) is 0 Å². The number of likely N-dealkylation sites (tertiary alicyclic amines) is 1. The lowest BCUT2D eigenvalue weighted by atomic mass is 10.0. The van der Waals surface area contributed by atoms with E-state index in [0.29, 0.717) is 24.5 Å². The third kappa shape index (κ3) is 5.46. The molecule has 1 spiro atoms. The van der Waals surface area contributed by atoms with Gasteiger partial charge in [0.2, 0.25) is 0 Å². The Labute approximate surface area is 216 Å². The zero-order valence-corrected chi connectivity index (χ0v) is 21.3. The van der Waals surface area contributed by atoms with E-state index in [1.165, 1.54) is 0 Å². The Morgan fingerprint density at radius 2 is 2.00 bits per heavy atom. The Bertz CT molecular complexity index is 1180. The van der Waals surface area contributed by atoms with Crippen molar-refractivity contribution in [3.8, 4) is 0 Å². The molecule has 1 aromatic carbocycles. The third-order valence-corrected chi connectivity index (χ3v) is 7.47. The van der Waals surface area contributed by atoms with Crippen molar-refractivity contribution in [2.24, 2.45) is 10.7 Å². The molecular formula is C26H34N8O3. The Kier molecular flexibility index (Phi) is 6.88. The number of alkyl carbamates (subject to hydrolysis) is 1. The minimum absolute atomic E-state index is 0.0207. The van der Waals surface area contributed by atoms with Crippen LogP contribution in [0.2, 0.25) is 0 Å². The van der Waals surface area contributed by atoms with Gasteiger partial charge >= 0.3 is 6.09 Å². The van der Waals surface area contributed by atoms with Gasteiger partial charge in [-0.2, -0.15) is 4.99 Å². The maximum Gasteiger partial charge on any atom is 0.407 e. The van der Waals surface area contributed by atoms with Crippen molar-refractivity contribution < 1.29 is 14.3 Å². The molecular weight excluding hydrogens is 472 g/mol. The molecule has 11 nitrogen and oxygen atoms in total. The fourth-order valence-corrected chi connectivity index (χ4v) is 5.24. The second-order valence-corrected chi connectivity index (χ2v) is 10.1. The SMILES string of the molecule is CN1CCC(N(C)C(=O)c2ccc(NC(N)=Nc3ncccc3N3CCC4(CNC(=O)O4)C3)cc2)CC1. The van der Waals surface area contributed by atoms with Crippen LogP contribution in [0.4, 0.5) is 22.0 Å². The molecule has 1 aromatic heterocycles. The molecule has 1 unspecified atom stereocenters. The summed E-state index contributed by atoms with van der Waals surface area (Å²) < 4.78 is 5.53. The van der Waals surface area contributed by atoms with Crippen molar-refractivity contribution in [1.82, 2.24) is 20.1 Å². The van der Waals surface area contributed by atoms with Gasteiger partial charge < -0.3 is 35.8 Å². The van der Waals surface area contributed by atoms with Gasteiger partial charge in [-0.15, -0.1) is 0 Å². The van der Waals surface area contributed by atoms with E-state index < -0.39 is 5.60 Å². The van der Waals surface area contributed by atoms with Crippen LogP contribution in [0.25, 0.3) is 0 Å². The number of nitrogens with one attached hydrogen (secondary N) is 2. The summed E-state index contributed by atoms with van der Waals surface area (Å²) >= 11 is 0. The van der Waals surface area contributed by atoms with E-state index in [1.807, 2.05) is 36.2 Å². The summed E-state index contributed by atoms with van der Waals surface area (Å²) in [5, 5.41) is 5.83. The van der Waals surface area contributed by atoms with Gasteiger partial charge in [0, 0.05) is 43.5 Å². The summed E-state index contributed by atoms with van der Waals surface area (Å²) in [4.78, 5) is 39.7. The first-order valence-corrected chi connectivity index (χ1v) is 12.7. The Hall–Kier alpha value is -3.86. The van der Waals surface area contributed by atoms with E-state index in [-0.39, 0.29) is 24.0 Å². The molecule has 4 heterocycles. The highest BCUT2D eigenvalue weighted by molar-refractivity contribution is 5.97. The molecule has 0 radical (unpaired) electrons. The molecule has 196 valence electrons. The molecule has 0 bridgehead atoms. The Morgan fingerprint density at radius 1 is 1.24 bits per heavy atom. The minimum Gasteiger partial charge on any atom is -0.439 e. The number of piperidine rings is 1. The average molecular weight is 507 g/mol. The van der Waals surface area contributed by atoms with Crippen molar-refractivity contribution in [2.75, 3.05) is 57.0 Å². The normalized spacial score (nSPS) is 22.7. The zero-order valence-electron chi connectivity index (χ0n) is 21.3. The molecule has 3 saturated heterocycles. The largest absolute Gasteiger partial charge is 0.439 e. The summed E-state index contributed by atoms with van der Waals surface area (Å²) in [5.74, 6) is 0.686. The van der Waals surface area contributed by atoms with Crippen molar-refractivity contribution in [3.05, 3.63) is 48.2 Å². The number of amides is 2. The monoisotopic (exact) mass is 506 g/mol. The highest BCUT2D eigenvalue weighted by Crippen LogP contribution is 2.35. The van der Waals surface area contributed by atoms with Crippen LogP contribution < -0.4 is 21.3 Å². The predicted molar refractivity (Wildman–Crippen MR) is 142 cm³/mol. The van der Waals surface area contributed by atoms with E-state index in [4.69, 9.17) is 10.5 Å². The number of nitrogens with zero attached hydrogens (tertiary/aromatic N) is 5. The number of nitrogens with two attached hydrogens (primary N) is 1. The second-order valence-electron chi connectivity index (χ2n) is 10.1. The minimum atomic E-state index is -0.516. The van der Waals surface area contributed by atoms with Crippen molar-refractivity contribution in [2.45, 2.75) is 30.9 Å². The van der Waals surface area contributed by atoms with Crippen LogP contribution in [0.15, 0.2) is 47.6 Å². The van der Waals surface area contributed by atoms with E-state index in [9.17, 15) is 9.59 Å². The number of anilines is 2. The summed E-state index contributed by atoms with van der Waals surface area (Å²) in [6.45, 7) is 3.79. The molecule has 0 saturated carbocycles. The molecule has 3 aliphatic rings. The number of benzene rings is 1. The first-order valence-electron chi connectivity index (χ1n) is 12.7.